The first-order valence-corrected chi connectivity index (χ1v) is 4.28. The Morgan fingerprint density at radius 3 is 2.09 bits per heavy atom. The molecule has 0 amide bonds. The molecule has 0 aromatic heterocycles. The summed E-state index contributed by atoms with van der Waals surface area (Å²) < 4.78 is 0. The van der Waals surface area contributed by atoms with E-state index < -0.39 is 0 Å². The second-order valence-electron chi connectivity index (χ2n) is 2.87. The van der Waals surface area contributed by atoms with Crippen LogP contribution in [0.2, 0.25) is 0 Å². The van der Waals surface area contributed by atoms with Gasteiger partial charge in [-0.2, -0.15) is 12.6 Å². The minimum atomic E-state index is 0.391. The van der Waals surface area contributed by atoms with Gasteiger partial charge in [0.05, 0.1) is 0 Å². The van der Waals surface area contributed by atoms with Gasteiger partial charge in [-0.1, -0.05) is 32.2 Å². The molecule has 1 heteroatoms. The molecule has 1 unspecified atom stereocenters. The normalized spacial score (nSPS) is 12.3. The maximum atomic E-state index is 4.19. The third kappa shape index (κ3) is 2.98. The molecule has 62 valence electrons. The first kappa shape index (κ1) is 10.6. The van der Waals surface area contributed by atoms with E-state index in [2.05, 4.69) is 39.3 Å². The van der Waals surface area contributed by atoms with Crippen LogP contribution >= 0.6 is 12.6 Å². The lowest BCUT2D eigenvalue weighted by molar-refractivity contribution is 0.801. The summed E-state index contributed by atoms with van der Waals surface area (Å²) in [7, 11) is 0. The Bertz CT molecular complexity index is 189. The second-order valence-corrected chi connectivity index (χ2v) is 3.23. The van der Waals surface area contributed by atoms with Crippen LogP contribution in [0.1, 0.15) is 13.8 Å². The summed E-state index contributed by atoms with van der Waals surface area (Å²) in [6, 6.07) is 0. The first-order valence-electron chi connectivity index (χ1n) is 3.65. The lowest BCUT2D eigenvalue weighted by atomic mass is 9.94. The quantitative estimate of drug-likeness (QED) is 0.483. The van der Waals surface area contributed by atoms with Crippen LogP contribution in [0.3, 0.4) is 0 Å². The van der Waals surface area contributed by atoms with E-state index in [0.29, 0.717) is 5.92 Å². The Kier molecular flexibility index (Phi) is 4.27. The lowest BCUT2D eigenvalue weighted by Crippen LogP contribution is -2.02. The molecule has 0 N–H and O–H groups in total. The monoisotopic (exact) mass is 168 g/mol. The molecule has 0 fully saturated rings. The van der Waals surface area contributed by atoms with E-state index in [1.54, 1.807) is 0 Å². The molecule has 0 heterocycles. The summed E-state index contributed by atoms with van der Waals surface area (Å²) >= 11 is 4.19. The van der Waals surface area contributed by atoms with Gasteiger partial charge in [0, 0.05) is 0 Å². The Balaban J connectivity index is 4.26. The van der Waals surface area contributed by atoms with Crippen molar-refractivity contribution in [2.75, 3.05) is 5.75 Å². The zero-order valence-electron chi connectivity index (χ0n) is 7.35. The maximum absolute atomic E-state index is 4.19. The van der Waals surface area contributed by atoms with Gasteiger partial charge in [0.15, 0.2) is 0 Å². The number of thiol groups is 1. The van der Waals surface area contributed by atoms with Crippen molar-refractivity contribution in [3.63, 3.8) is 0 Å². The van der Waals surface area contributed by atoms with E-state index in [-0.39, 0.29) is 0 Å². The number of hydrogen-bond acceptors (Lipinski definition) is 1. The molecule has 0 spiro atoms. The van der Waals surface area contributed by atoms with Crippen molar-refractivity contribution in [2.45, 2.75) is 13.8 Å². The van der Waals surface area contributed by atoms with Crippen molar-refractivity contribution in [3.05, 3.63) is 36.5 Å². The molecule has 0 nitrogen and oxygen atoms in total. The first-order chi connectivity index (χ1) is 5.00. The Labute approximate surface area is 75.1 Å². The van der Waals surface area contributed by atoms with Crippen LogP contribution < -0.4 is 0 Å². The fourth-order valence-electron chi connectivity index (χ4n) is 0.682. The highest BCUT2D eigenvalue weighted by atomic mass is 32.1. The van der Waals surface area contributed by atoms with Crippen LogP contribution in [0, 0.1) is 5.92 Å². The van der Waals surface area contributed by atoms with Crippen LogP contribution in [-0.4, -0.2) is 5.75 Å². The molecule has 11 heavy (non-hydrogen) atoms. The Morgan fingerprint density at radius 2 is 1.82 bits per heavy atom. The number of allylic oxidation sites excluding steroid dienone is 3. The molecule has 0 aliphatic heterocycles. The molecule has 0 rings (SSSR count). The van der Waals surface area contributed by atoms with Crippen LogP contribution in [0.25, 0.3) is 0 Å². The van der Waals surface area contributed by atoms with Gasteiger partial charge in [0.1, 0.15) is 0 Å². The highest BCUT2D eigenvalue weighted by Gasteiger charge is 2.07. The van der Waals surface area contributed by atoms with Crippen molar-refractivity contribution in [3.8, 4) is 0 Å². The van der Waals surface area contributed by atoms with Crippen LogP contribution in [0.15, 0.2) is 36.5 Å². The Hall–Kier alpha value is -0.430. The SMILES string of the molecule is C=C(C)C(=C)C(=C)C(C)CS. The van der Waals surface area contributed by atoms with Crippen molar-refractivity contribution in [1.82, 2.24) is 0 Å². The summed E-state index contributed by atoms with van der Waals surface area (Å²) in [5.41, 5.74) is 3.00. The summed E-state index contributed by atoms with van der Waals surface area (Å²) in [6.45, 7) is 15.7. The van der Waals surface area contributed by atoms with Gasteiger partial charge in [-0.05, 0) is 29.7 Å². The average Bonchev–Trinajstić information content (AvgIpc) is 2.00. The van der Waals surface area contributed by atoms with Crippen molar-refractivity contribution >= 4 is 12.6 Å². The molecule has 0 aromatic rings. The molecular weight excluding hydrogens is 152 g/mol. The molecule has 0 aliphatic rings. The summed E-state index contributed by atoms with van der Waals surface area (Å²) in [6.07, 6.45) is 0. The highest BCUT2D eigenvalue weighted by Crippen LogP contribution is 2.21. The largest absolute Gasteiger partial charge is 0.179 e. The van der Waals surface area contributed by atoms with E-state index in [1.807, 2.05) is 6.92 Å². The minimum Gasteiger partial charge on any atom is -0.179 e. The maximum Gasteiger partial charge on any atom is -0.00315 e. The molecule has 0 saturated carbocycles. The molecule has 0 aliphatic carbocycles. The van der Waals surface area contributed by atoms with Gasteiger partial charge in [-0.25, -0.2) is 0 Å². The third-order valence-corrected chi connectivity index (χ3v) is 2.32. The molecule has 0 bridgehead atoms. The zero-order chi connectivity index (χ0) is 9.02. The second kappa shape index (κ2) is 4.45. The predicted molar refractivity (Wildman–Crippen MR) is 56.1 cm³/mol. The van der Waals surface area contributed by atoms with E-state index >= 15 is 0 Å². The highest BCUT2D eigenvalue weighted by molar-refractivity contribution is 7.80. The van der Waals surface area contributed by atoms with Gasteiger partial charge < -0.3 is 0 Å². The smallest absolute Gasteiger partial charge is 0.00315 e. The zero-order valence-corrected chi connectivity index (χ0v) is 8.25. The fraction of sp³-hybridized carbons (Fsp3) is 0.400. The number of rotatable bonds is 4. The van der Waals surface area contributed by atoms with Gasteiger partial charge in [-0.15, -0.1) is 0 Å². The van der Waals surface area contributed by atoms with Crippen LogP contribution in [0.5, 0.6) is 0 Å². The van der Waals surface area contributed by atoms with Crippen molar-refractivity contribution in [1.29, 1.82) is 0 Å². The van der Waals surface area contributed by atoms with Crippen LogP contribution in [-0.2, 0) is 0 Å². The summed E-state index contributed by atoms with van der Waals surface area (Å²) in [4.78, 5) is 0. The molecule has 1 atom stereocenters. The molecule has 0 radical (unpaired) electrons. The predicted octanol–water partition coefficient (Wildman–Crippen LogP) is 3.24. The standard InChI is InChI=1S/C10H16S/c1-7(2)9(4)10(5)8(3)6-11/h8,11H,1,4-6H2,2-3H3. The third-order valence-electron chi connectivity index (χ3n) is 1.77. The minimum absolute atomic E-state index is 0.391. The van der Waals surface area contributed by atoms with Gasteiger partial charge in [-0.3, -0.25) is 0 Å². The molecular formula is C10H16S. The topological polar surface area (TPSA) is 0 Å². The summed E-state index contributed by atoms with van der Waals surface area (Å²) in [5.74, 6) is 1.20. The Morgan fingerprint density at radius 1 is 1.36 bits per heavy atom. The van der Waals surface area contributed by atoms with Crippen LogP contribution in [0.4, 0.5) is 0 Å². The number of hydrogen-bond donors (Lipinski definition) is 1. The van der Waals surface area contributed by atoms with Crippen molar-refractivity contribution < 1.29 is 0 Å². The van der Waals surface area contributed by atoms with Gasteiger partial charge >= 0.3 is 0 Å². The van der Waals surface area contributed by atoms with E-state index in [9.17, 15) is 0 Å². The summed E-state index contributed by atoms with van der Waals surface area (Å²) in [5, 5.41) is 0. The van der Waals surface area contributed by atoms with Gasteiger partial charge in [0.2, 0.25) is 0 Å². The average molecular weight is 168 g/mol. The van der Waals surface area contributed by atoms with Crippen molar-refractivity contribution in [2.24, 2.45) is 5.92 Å². The van der Waals surface area contributed by atoms with E-state index in [4.69, 9.17) is 0 Å². The molecule has 0 saturated heterocycles. The van der Waals surface area contributed by atoms with E-state index in [1.165, 1.54) is 0 Å². The fourth-order valence-corrected chi connectivity index (χ4v) is 0.902. The lowest BCUT2D eigenvalue weighted by Gasteiger charge is -2.14. The molecule has 0 aromatic carbocycles. The van der Waals surface area contributed by atoms with Gasteiger partial charge in [0.25, 0.3) is 0 Å². The van der Waals surface area contributed by atoms with E-state index in [0.717, 1.165) is 22.5 Å².